The first-order valence-corrected chi connectivity index (χ1v) is 13.1. The van der Waals surface area contributed by atoms with Gasteiger partial charge >= 0.3 is 5.97 Å². The van der Waals surface area contributed by atoms with Gasteiger partial charge in [-0.3, -0.25) is 4.79 Å². The van der Waals surface area contributed by atoms with Gasteiger partial charge in [0.1, 0.15) is 0 Å². The zero-order chi connectivity index (χ0) is 25.5. The number of benzene rings is 2. The van der Waals surface area contributed by atoms with Crippen LogP contribution in [0.2, 0.25) is 0 Å². The number of hydrogen-bond acceptors (Lipinski definition) is 6. The molecule has 1 aliphatic rings. The summed E-state index contributed by atoms with van der Waals surface area (Å²) in [6.07, 6.45) is 4.32. The molecule has 6 nitrogen and oxygen atoms in total. The number of aliphatic hydroxyl groups is 1. The van der Waals surface area contributed by atoms with E-state index in [1.54, 1.807) is 0 Å². The van der Waals surface area contributed by atoms with Crippen LogP contribution in [0.15, 0.2) is 48.5 Å². The Morgan fingerprint density at radius 1 is 0.917 bits per heavy atom. The molecule has 190 valence electrons. The second kappa shape index (κ2) is 12.1. The fraction of sp³-hybridized carbons (Fsp3) is 0.433. The second-order valence-corrected chi connectivity index (χ2v) is 9.70. The number of aryl methyl sites for hydroxylation is 2. The molecule has 0 fully saturated rings. The van der Waals surface area contributed by atoms with E-state index < -0.39 is 6.10 Å². The van der Waals surface area contributed by atoms with Crippen molar-refractivity contribution in [1.82, 2.24) is 9.97 Å². The number of aliphatic hydroxyl groups excluding tert-OH is 1. The van der Waals surface area contributed by atoms with Crippen LogP contribution in [0.3, 0.4) is 0 Å². The van der Waals surface area contributed by atoms with Gasteiger partial charge in [-0.15, -0.1) is 0 Å². The number of fused-ring (bicyclic) bond motifs is 1. The highest BCUT2D eigenvalue weighted by Crippen LogP contribution is 2.35. The highest BCUT2D eigenvalue weighted by molar-refractivity contribution is 5.80. The molecule has 6 heteroatoms. The van der Waals surface area contributed by atoms with E-state index >= 15 is 0 Å². The number of ether oxygens (including phenoxy) is 1. The molecule has 1 N–H and O–H groups in total. The normalized spacial score (nSPS) is 15.0. The van der Waals surface area contributed by atoms with E-state index in [4.69, 9.17) is 14.7 Å². The van der Waals surface area contributed by atoms with Crippen molar-refractivity contribution in [1.29, 1.82) is 0 Å². The first-order valence-electron chi connectivity index (χ1n) is 13.1. The first kappa shape index (κ1) is 25.8. The summed E-state index contributed by atoms with van der Waals surface area (Å²) in [7, 11) is 0. The zero-order valence-corrected chi connectivity index (χ0v) is 21.7. The molecule has 0 saturated heterocycles. The molecule has 2 aromatic carbocycles. The molecule has 0 bridgehead atoms. The van der Waals surface area contributed by atoms with Crippen LogP contribution in [0, 0.1) is 13.8 Å². The van der Waals surface area contributed by atoms with E-state index in [1.807, 2.05) is 6.92 Å². The van der Waals surface area contributed by atoms with Crippen molar-refractivity contribution < 1.29 is 14.6 Å². The first-order chi connectivity index (χ1) is 17.4. The molecule has 1 atom stereocenters. The summed E-state index contributed by atoms with van der Waals surface area (Å²) in [6.45, 7) is 7.79. The minimum atomic E-state index is -0.466. The van der Waals surface area contributed by atoms with Crippen molar-refractivity contribution in [2.75, 3.05) is 24.6 Å². The Kier molecular flexibility index (Phi) is 8.70. The lowest BCUT2D eigenvalue weighted by Crippen LogP contribution is -2.40. The number of β-amino-alcohol motifs (C(OH)–C–C–N with tert-alkyl or cyclic N) is 1. The van der Waals surface area contributed by atoms with E-state index in [-0.39, 0.29) is 5.97 Å². The Balaban J connectivity index is 1.56. The summed E-state index contributed by atoms with van der Waals surface area (Å²) in [4.78, 5) is 24.0. The predicted octanol–water partition coefficient (Wildman–Crippen LogP) is 5.66. The number of aromatic nitrogens is 2. The molecular weight excluding hydrogens is 450 g/mol. The van der Waals surface area contributed by atoms with Crippen LogP contribution >= 0.6 is 0 Å². The van der Waals surface area contributed by atoms with Crippen LogP contribution < -0.4 is 4.90 Å². The van der Waals surface area contributed by atoms with Gasteiger partial charge in [-0.1, -0.05) is 72.5 Å². The molecule has 1 aromatic heterocycles. The number of carbonyl (C=O) groups is 1. The summed E-state index contributed by atoms with van der Waals surface area (Å²) >= 11 is 0. The third-order valence-corrected chi connectivity index (χ3v) is 6.62. The third-order valence-electron chi connectivity index (χ3n) is 6.62. The number of esters is 1. The molecule has 0 saturated carbocycles. The number of nitrogens with zero attached hydrogens (tertiary/aromatic N) is 3. The molecule has 0 spiro atoms. The largest absolute Gasteiger partial charge is 0.466 e. The summed E-state index contributed by atoms with van der Waals surface area (Å²) in [5.41, 5.74) is 7.04. The Bertz CT molecular complexity index is 1160. The summed E-state index contributed by atoms with van der Waals surface area (Å²) in [5, 5.41) is 10.6. The van der Waals surface area contributed by atoms with E-state index in [9.17, 15) is 9.90 Å². The average molecular weight is 488 g/mol. The van der Waals surface area contributed by atoms with E-state index in [0.29, 0.717) is 26.0 Å². The molecule has 36 heavy (non-hydrogen) atoms. The molecule has 1 unspecified atom stereocenters. The van der Waals surface area contributed by atoms with E-state index in [1.165, 1.54) is 11.1 Å². The Labute approximate surface area is 214 Å². The maximum atomic E-state index is 11.5. The van der Waals surface area contributed by atoms with Crippen LogP contribution in [-0.4, -0.2) is 46.8 Å². The topological polar surface area (TPSA) is 75.5 Å². The number of rotatable bonds is 10. The molecule has 0 radical (unpaired) electrons. The molecular formula is C30H37N3O3. The van der Waals surface area contributed by atoms with Crippen molar-refractivity contribution in [2.45, 2.75) is 65.4 Å². The Morgan fingerprint density at radius 2 is 1.50 bits per heavy atom. The smallest absolute Gasteiger partial charge is 0.305 e. The lowest BCUT2D eigenvalue weighted by atomic mass is 10.00. The second-order valence-electron chi connectivity index (χ2n) is 9.70. The Hall–Kier alpha value is -3.25. The van der Waals surface area contributed by atoms with Gasteiger partial charge in [-0.05, 0) is 33.6 Å². The molecule has 0 amide bonds. The summed E-state index contributed by atoms with van der Waals surface area (Å²) < 4.78 is 5.01. The minimum Gasteiger partial charge on any atom is -0.466 e. The summed E-state index contributed by atoms with van der Waals surface area (Å²) in [6, 6.07) is 16.8. The number of hydrogen-bond donors (Lipinski definition) is 1. The maximum Gasteiger partial charge on any atom is 0.305 e. The van der Waals surface area contributed by atoms with Gasteiger partial charge < -0.3 is 14.7 Å². The SMILES string of the molecule is CCOC(=O)CCCCCCN1CC(O)Cc2nc(-c3ccc(C)cc3)c(-c3ccc(C)cc3)nc21. The fourth-order valence-corrected chi connectivity index (χ4v) is 4.66. The molecule has 4 rings (SSSR count). The minimum absolute atomic E-state index is 0.117. The van der Waals surface area contributed by atoms with Crippen LogP contribution in [-0.2, 0) is 16.0 Å². The number of anilines is 1. The monoisotopic (exact) mass is 487 g/mol. The van der Waals surface area contributed by atoms with Crippen molar-refractivity contribution in [3.63, 3.8) is 0 Å². The average Bonchev–Trinajstić information content (AvgIpc) is 2.86. The Morgan fingerprint density at radius 3 is 2.11 bits per heavy atom. The number of carbonyl (C=O) groups excluding carboxylic acids is 1. The quantitative estimate of drug-likeness (QED) is 0.294. The van der Waals surface area contributed by atoms with E-state index in [0.717, 1.165) is 66.3 Å². The molecule has 3 aromatic rings. The van der Waals surface area contributed by atoms with Gasteiger partial charge in [-0.2, -0.15) is 0 Å². The van der Waals surface area contributed by atoms with E-state index in [2.05, 4.69) is 67.3 Å². The van der Waals surface area contributed by atoms with Crippen molar-refractivity contribution in [3.05, 3.63) is 65.4 Å². The van der Waals surface area contributed by atoms with Crippen LogP contribution in [0.25, 0.3) is 22.5 Å². The van der Waals surface area contributed by atoms with Crippen molar-refractivity contribution in [3.8, 4) is 22.5 Å². The van der Waals surface area contributed by atoms with Gasteiger partial charge in [0.2, 0.25) is 0 Å². The predicted molar refractivity (Wildman–Crippen MR) is 144 cm³/mol. The van der Waals surface area contributed by atoms with Crippen LogP contribution in [0.4, 0.5) is 5.82 Å². The number of unbranched alkanes of at least 4 members (excludes halogenated alkanes) is 3. The zero-order valence-electron chi connectivity index (χ0n) is 21.7. The highest BCUT2D eigenvalue weighted by Gasteiger charge is 2.28. The van der Waals surface area contributed by atoms with Gasteiger partial charge in [-0.25, -0.2) is 9.97 Å². The third kappa shape index (κ3) is 6.49. The van der Waals surface area contributed by atoms with Crippen molar-refractivity contribution in [2.24, 2.45) is 0 Å². The van der Waals surface area contributed by atoms with Gasteiger partial charge in [0.05, 0.1) is 29.8 Å². The molecule has 1 aliphatic heterocycles. The van der Waals surface area contributed by atoms with Crippen molar-refractivity contribution >= 4 is 11.8 Å². The van der Waals surface area contributed by atoms with Crippen LogP contribution in [0.5, 0.6) is 0 Å². The summed E-state index contributed by atoms with van der Waals surface area (Å²) in [5.74, 6) is 0.757. The van der Waals surface area contributed by atoms with Gasteiger partial charge in [0.15, 0.2) is 5.82 Å². The highest BCUT2D eigenvalue weighted by atomic mass is 16.5. The molecule has 2 heterocycles. The molecule has 0 aliphatic carbocycles. The lowest BCUT2D eigenvalue weighted by Gasteiger charge is -2.33. The fourth-order valence-electron chi connectivity index (χ4n) is 4.66. The standard InChI is InChI=1S/C30H37N3O3/c1-4-36-27(35)9-7-5-6-8-18-33-20-25(34)19-26-30(33)32-29(24-16-12-22(3)13-17-24)28(31-26)23-14-10-21(2)11-15-23/h10-17,25,34H,4-9,18-20H2,1-3H3. The van der Waals surface area contributed by atoms with Gasteiger partial charge in [0, 0.05) is 37.1 Å². The lowest BCUT2D eigenvalue weighted by molar-refractivity contribution is -0.143. The van der Waals surface area contributed by atoms with Gasteiger partial charge in [0.25, 0.3) is 0 Å². The van der Waals surface area contributed by atoms with Crippen LogP contribution in [0.1, 0.15) is 55.8 Å². The maximum absolute atomic E-state index is 11.5.